The first kappa shape index (κ1) is 18.9. The Kier molecular flexibility index (Phi) is 5.65. The van der Waals surface area contributed by atoms with Crippen molar-refractivity contribution in [1.82, 2.24) is 15.1 Å². The van der Waals surface area contributed by atoms with Crippen molar-refractivity contribution in [2.75, 3.05) is 27.2 Å². The third-order valence-electron chi connectivity index (χ3n) is 5.00. The van der Waals surface area contributed by atoms with Crippen LogP contribution in [0.1, 0.15) is 35.1 Å². The average Bonchev–Trinajstić information content (AvgIpc) is 2.50. The van der Waals surface area contributed by atoms with E-state index >= 15 is 0 Å². The van der Waals surface area contributed by atoms with Gasteiger partial charge in [-0.1, -0.05) is 17.7 Å². The van der Waals surface area contributed by atoms with Gasteiger partial charge in [0.15, 0.2) is 0 Å². The van der Waals surface area contributed by atoms with Crippen molar-refractivity contribution >= 4 is 5.91 Å². The molecule has 1 aromatic rings. The van der Waals surface area contributed by atoms with E-state index in [1.165, 1.54) is 5.56 Å². The molecular weight excluding hydrogens is 304 g/mol. The van der Waals surface area contributed by atoms with Gasteiger partial charge in [-0.15, -0.1) is 0 Å². The third kappa shape index (κ3) is 3.95. The monoisotopic (exact) mass is 334 g/mol. The first-order chi connectivity index (χ1) is 11.1. The van der Waals surface area contributed by atoms with E-state index in [4.69, 9.17) is 5.73 Å². The number of nitrogens with zero attached hydrogens (tertiary/aromatic N) is 3. The van der Waals surface area contributed by atoms with Crippen LogP contribution < -0.4 is 5.73 Å². The molecular formula is C18H30N4O2. The summed E-state index contributed by atoms with van der Waals surface area (Å²) < 4.78 is 0. The number of hydrogen-bond acceptors (Lipinski definition) is 5. The van der Waals surface area contributed by atoms with Gasteiger partial charge in [-0.25, -0.2) is 15.1 Å². The van der Waals surface area contributed by atoms with Crippen molar-refractivity contribution in [1.29, 1.82) is 0 Å². The summed E-state index contributed by atoms with van der Waals surface area (Å²) in [4.78, 5) is 12.6. The van der Waals surface area contributed by atoms with Crippen LogP contribution in [0.4, 0.5) is 0 Å². The van der Waals surface area contributed by atoms with Crippen molar-refractivity contribution in [3.8, 4) is 0 Å². The van der Waals surface area contributed by atoms with Gasteiger partial charge in [0.05, 0.1) is 6.42 Å². The molecule has 1 aromatic carbocycles. The highest BCUT2D eigenvalue weighted by Gasteiger charge is 2.39. The quantitative estimate of drug-likeness (QED) is 0.497. The van der Waals surface area contributed by atoms with Gasteiger partial charge in [0.25, 0.3) is 5.91 Å². The Hall–Kier alpha value is -1.47. The van der Waals surface area contributed by atoms with Crippen LogP contribution in [0.5, 0.6) is 0 Å². The Bertz CT molecular complexity index is 584. The Balaban J connectivity index is 2.08. The minimum atomic E-state index is -0.990. The summed E-state index contributed by atoms with van der Waals surface area (Å²) in [7, 11) is 3.96. The van der Waals surface area contributed by atoms with E-state index in [0.717, 1.165) is 34.8 Å². The van der Waals surface area contributed by atoms with Crippen molar-refractivity contribution in [3.05, 3.63) is 34.4 Å². The number of carbonyl (C=O) groups excluding carboxylic acids is 1. The van der Waals surface area contributed by atoms with E-state index in [0.29, 0.717) is 12.8 Å². The van der Waals surface area contributed by atoms with E-state index < -0.39 is 5.66 Å². The number of piperidine rings is 1. The number of carbonyl (C=O) groups is 1. The first-order valence-corrected chi connectivity index (χ1v) is 8.44. The smallest absolute Gasteiger partial charge is 0.252 e. The Morgan fingerprint density at radius 3 is 2.17 bits per heavy atom. The van der Waals surface area contributed by atoms with Crippen LogP contribution in [0.15, 0.2) is 12.1 Å². The van der Waals surface area contributed by atoms with Crippen molar-refractivity contribution in [2.24, 2.45) is 5.73 Å². The van der Waals surface area contributed by atoms with Crippen LogP contribution in [0.2, 0.25) is 0 Å². The summed E-state index contributed by atoms with van der Waals surface area (Å²) in [5.41, 5.74) is 9.63. The molecule has 0 atom stereocenters. The molecule has 0 aromatic heterocycles. The van der Waals surface area contributed by atoms with Gasteiger partial charge in [0, 0.05) is 40.0 Å². The van der Waals surface area contributed by atoms with Crippen molar-refractivity contribution in [3.63, 3.8) is 0 Å². The first-order valence-electron chi connectivity index (χ1n) is 8.44. The molecule has 134 valence electrons. The fraction of sp³-hybridized carbons (Fsp3) is 0.611. The van der Waals surface area contributed by atoms with Crippen LogP contribution in [0.25, 0.3) is 0 Å². The molecule has 6 heteroatoms. The largest absolute Gasteiger partial charge is 0.307 e. The summed E-state index contributed by atoms with van der Waals surface area (Å²) in [5.74, 6) is -0.342. The molecule has 0 unspecified atom stereocenters. The van der Waals surface area contributed by atoms with E-state index in [1.54, 1.807) is 0 Å². The number of aryl methyl sites for hydroxylation is 3. The molecule has 1 saturated heterocycles. The summed E-state index contributed by atoms with van der Waals surface area (Å²) >= 11 is 0. The number of rotatable bonds is 4. The lowest BCUT2D eigenvalue weighted by atomic mass is 9.95. The molecule has 0 aliphatic carbocycles. The van der Waals surface area contributed by atoms with E-state index in [1.807, 2.05) is 39.9 Å². The van der Waals surface area contributed by atoms with Gasteiger partial charge >= 0.3 is 0 Å². The molecule has 6 nitrogen and oxygen atoms in total. The van der Waals surface area contributed by atoms with Crippen LogP contribution in [-0.4, -0.2) is 59.0 Å². The molecule has 0 bridgehead atoms. The molecule has 0 saturated carbocycles. The number of nitrogens with two attached hydrogens (primary N) is 1. The number of hydrazine groups is 1. The van der Waals surface area contributed by atoms with Crippen LogP contribution in [-0.2, 0) is 11.2 Å². The third-order valence-corrected chi connectivity index (χ3v) is 5.00. The van der Waals surface area contributed by atoms with Crippen molar-refractivity contribution < 1.29 is 10.0 Å². The normalized spacial score (nSPS) is 18.0. The molecule has 1 amide bonds. The number of hydrogen-bond donors (Lipinski definition) is 2. The maximum absolute atomic E-state index is 12.6. The predicted molar refractivity (Wildman–Crippen MR) is 94.4 cm³/mol. The molecule has 0 radical (unpaired) electrons. The molecule has 1 fully saturated rings. The van der Waals surface area contributed by atoms with Gasteiger partial charge in [0.1, 0.15) is 5.66 Å². The van der Waals surface area contributed by atoms with Gasteiger partial charge in [0.2, 0.25) is 0 Å². The number of amides is 1. The summed E-state index contributed by atoms with van der Waals surface area (Å²) in [6.45, 7) is 7.47. The predicted octanol–water partition coefficient (Wildman–Crippen LogP) is 1.60. The zero-order chi connectivity index (χ0) is 18.1. The highest BCUT2D eigenvalue weighted by atomic mass is 16.5. The highest BCUT2D eigenvalue weighted by Crippen LogP contribution is 2.25. The lowest BCUT2D eigenvalue weighted by molar-refractivity contribution is -0.205. The lowest BCUT2D eigenvalue weighted by Crippen LogP contribution is -2.63. The fourth-order valence-electron chi connectivity index (χ4n) is 3.46. The van der Waals surface area contributed by atoms with E-state index in [9.17, 15) is 10.0 Å². The van der Waals surface area contributed by atoms with Crippen LogP contribution in [0, 0.1) is 20.8 Å². The topological polar surface area (TPSA) is 73.0 Å². The van der Waals surface area contributed by atoms with E-state index in [-0.39, 0.29) is 12.3 Å². The second-order valence-electron chi connectivity index (χ2n) is 7.16. The van der Waals surface area contributed by atoms with Crippen molar-refractivity contribution in [2.45, 2.75) is 45.7 Å². The highest BCUT2D eigenvalue weighted by molar-refractivity contribution is 5.79. The Morgan fingerprint density at radius 1 is 1.21 bits per heavy atom. The maximum Gasteiger partial charge on any atom is 0.252 e. The lowest BCUT2D eigenvalue weighted by Gasteiger charge is -2.44. The number of benzene rings is 1. The Morgan fingerprint density at radius 2 is 1.71 bits per heavy atom. The molecule has 1 heterocycles. The fourth-order valence-corrected chi connectivity index (χ4v) is 3.46. The average molecular weight is 334 g/mol. The molecule has 2 rings (SSSR count). The molecule has 1 aliphatic rings. The minimum Gasteiger partial charge on any atom is -0.307 e. The molecule has 24 heavy (non-hydrogen) atoms. The van der Waals surface area contributed by atoms with E-state index in [2.05, 4.69) is 17.1 Å². The summed E-state index contributed by atoms with van der Waals surface area (Å²) in [5, 5.41) is 15.4. The zero-order valence-electron chi connectivity index (χ0n) is 15.5. The second kappa shape index (κ2) is 7.19. The van der Waals surface area contributed by atoms with Crippen LogP contribution >= 0.6 is 0 Å². The van der Waals surface area contributed by atoms with Gasteiger partial charge < -0.3 is 5.73 Å². The van der Waals surface area contributed by atoms with Crippen LogP contribution in [0.3, 0.4) is 0 Å². The maximum atomic E-state index is 12.6. The molecule has 1 aliphatic heterocycles. The van der Waals surface area contributed by atoms with Gasteiger partial charge in [-0.3, -0.25) is 10.0 Å². The Labute approximate surface area is 144 Å². The SMILES string of the molecule is Cc1cc(C)c(CC(=O)N(O)C2(N)CCN(N(C)C)CC2)c(C)c1. The zero-order valence-corrected chi connectivity index (χ0v) is 15.5. The second-order valence-corrected chi connectivity index (χ2v) is 7.16. The van der Waals surface area contributed by atoms with Gasteiger partial charge in [-0.05, 0) is 37.5 Å². The summed E-state index contributed by atoms with van der Waals surface area (Å²) in [6, 6.07) is 4.12. The molecule has 0 spiro atoms. The standard InChI is InChI=1S/C18H30N4O2/c1-13-10-14(2)16(15(3)11-13)12-17(23)22(24)18(19)6-8-21(9-7-18)20(4)5/h10-11,24H,6-9,12,19H2,1-5H3. The number of hydroxylamine groups is 2. The summed E-state index contributed by atoms with van der Waals surface area (Å²) in [6.07, 6.45) is 1.25. The van der Waals surface area contributed by atoms with Gasteiger partial charge in [-0.2, -0.15) is 0 Å². The minimum absolute atomic E-state index is 0.171. The molecule has 3 N–H and O–H groups in total.